The molecular weight excluding hydrogens is 240 g/mol. The van der Waals surface area contributed by atoms with Crippen LogP contribution in [0.1, 0.15) is 33.1 Å². The first-order chi connectivity index (χ1) is 7.85. The third-order valence-corrected chi connectivity index (χ3v) is 5.19. The predicted molar refractivity (Wildman–Crippen MR) is 67.2 cm³/mol. The normalized spacial score (nSPS) is 27.1. The molecule has 0 aromatic carbocycles. The van der Waals surface area contributed by atoms with Crippen molar-refractivity contribution in [2.75, 3.05) is 11.5 Å². The zero-order valence-electron chi connectivity index (χ0n) is 10.5. The molecule has 3 unspecified atom stereocenters. The van der Waals surface area contributed by atoms with Gasteiger partial charge in [0.15, 0.2) is 9.84 Å². The van der Waals surface area contributed by atoms with Gasteiger partial charge in [0.2, 0.25) is 5.91 Å². The largest absolute Gasteiger partial charge is 0.351 e. The number of hydrogen-bond donors (Lipinski definition) is 2. The van der Waals surface area contributed by atoms with Gasteiger partial charge in [-0.15, -0.1) is 0 Å². The van der Waals surface area contributed by atoms with E-state index < -0.39 is 15.9 Å². The summed E-state index contributed by atoms with van der Waals surface area (Å²) in [5, 5.41) is 2.75. The second-order valence-electron chi connectivity index (χ2n) is 4.87. The van der Waals surface area contributed by atoms with Crippen molar-refractivity contribution in [2.24, 2.45) is 11.7 Å². The predicted octanol–water partition coefficient (Wildman–Crippen LogP) is 0.0532. The van der Waals surface area contributed by atoms with Gasteiger partial charge in [0.05, 0.1) is 17.5 Å². The Balaban J connectivity index is 2.51. The van der Waals surface area contributed by atoms with E-state index in [1.165, 1.54) is 0 Å². The lowest BCUT2D eigenvalue weighted by Gasteiger charge is -2.26. The van der Waals surface area contributed by atoms with Crippen LogP contribution in [0, 0.1) is 5.92 Å². The van der Waals surface area contributed by atoms with Crippen LogP contribution in [0.5, 0.6) is 0 Å². The van der Waals surface area contributed by atoms with Gasteiger partial charge < -0.3 is 11.1 Å². The highest BCUT2D eigenvalue weighted by molar-refractivity contribution is 7.91. The minimum Gasteiger partial charge on any atom is -0.351 e. The van der Waals surface area contributed by atoms with Gasteiger partial charge >= 0.3 is 0 Å². The summed E-state index contributed by atoms with van der Waals surface area (Å²) >= 11 is 0. The first-order valence-electron chi connectivity index (χ1n) is 6.12. The Morgan fingerprint density at radius 1 is 1.53 bits per heavy atom. The molecule has 17 heavy (non-hydrogen) atoms. The number of rotatable bonds is 4. The average molecular weight is 262 g/mol. The molecule has 5 nitrogen and oxygen atoms in total. The molecular formula is C11H22N2O3S. The van der Waals surface area contributed by atoms with Crippen molar-refractivity contribution in [2.45, 2.75) is 45.2 Å². The molecule has 6 heteroatoms. The molecule has 1 aliphatic heterocycles. The Morgan fingerprint density at radius 2 is 2.18 bits per heavy atom. The number of amides is 1. The lowest BCUT2D eigenvalue weighted by molar-refractivity contribution is -0.124. The maximum Gasteiger partial charge on any atom is 0.237 e. The van der Waals surface area contributed by atoms with Crippen molar-refractivity contribution in [1.29, 1.82) is 0 Å². The van der Waals surface area contributed by atoms with E-state index in [4.69, 9.17) is 5.73 Å². The van der Waals surface area contributed by atoms with Crippen LogP contribution >= 0.6 is 0 Å². The van der Waals surface area contributed by atoms with E-state index in [-0.39, 0.29) is 29.4 Å². The molecule has 0 bridgehead atoms. The van der Waals surface area contributed by atoms with Crippen molar-refractivity contribution in [3.63, 3.8) is 0 Å². The van der Waals surface area contributed by atoms with Gasteiger partial charge in [0, 0.05) is 6.04 Å². The van der Waals surface area contributed by atoms with Crippen molar-refractivity contribution in [3.05, 3.63) is 0 Å². The highest BCUT2D eigenvalue weighted by Crippen LogP contribution is 2.13. The van der Waals surface area contributed by atoms with E-state index in [2.05, 4.69) is 5.32 Å². The van der Waals surface area contributed by atoms with Crippen LogP contribution < -0.4 is 11.1 Å². The first-order valence-corrected chi connectivity index (χ1v) is 7.94. The zero-order valence-corrected chi connectivity index (χ0v) is 11.3. The Hall–Kier alpha value is -0.620. The summed E-state index contributed by atoms with van der Waals surface area (Å²) in [5.41, 5.74) is 5.79. The molecule has 1 amide bonds. The zero-order chi connectivity index (χ0) is 13.1. The van der Waals surface area contributed by atoms with Gasteiger partial charge in [0.25, 0.3) is 0 Å². The van der Waals surface area contributed by atoms with Crippen LogP contribution in [0.25, 0.3) is 0 Å². The Labute approximate surface area is 103 Å². The van der Waals surface area contributed by atoms with E-state index in [1.807, 2.05) is 13.8 Å². The van der Waals surface area contributed by atoms with Gasteiger partial charge in [0.1, 0.15) is 0 Å². The number of nitrogens with two attached hydrogens (primary N) is 1. The van der Waals surface area contributed by atoms with E-state index >= 15 is 0 Å². The summed E-state index contributed by atoms with van der Waals surface area (Å²) < 4.78 is 22.8. The van der Waals surface area contributed by atoms with Crippen molar-refractivity contribution in [3.8, 4) is 0 Å². The lowest BCUT2D eigenvalue weighted by Crippen LogP contribution is -2.51. The number of sulfone groups is 1. The first kappa shape index (κ1) is 14.4. The molecule has 3 atom stereocenters. The molecule has 1 saturated heterocycles. The minimum atomic E-state index is -2.98. The molecule has 0 spiro atoms. The molecule has 0 aliphatic carbocycles. The summed E-state index contributed by atoms with van der Waals surface area (Å²) in [6, 6.07) is -0.819. The topological polar surface area (TPSA) is 89.3 Å². The van der Waals surface area contributed by atoms with Gasteiger partial charge in [-0.1, -0.05) is 20.3 Å². The van der Waals surface area contributed by atoms with Crippen molar-refractivity contribution < 1.29 is 13.2 Å². The summed E-state index contributed by atoms with van der Waals surface area (Å²) in [6.07, 6.45) is 2.17. The third kappa shape index (κ3) is 4.27. The van der Waals surface area contributed by atoms with Gasteiger partial charge in [-0.2, -0.15) is 0 Å². The van der Waals surface area contributed by atoms with Gasteiger partial charge in [-0.3, -0.25) is 4.79 Å². The highest BCUT2D eigenvalue weighted by Gasteiger charge is 2.28. The molecule has 3 N–H and O–H groups in total. The molecule has 100 valence electrons. The maximum absolute atomic E-state index is 11.8. The fraction of sp³-hybridized carbons (Fsp3) is 0.909. The molecule has 0 saturated carbocycles. The van der Waals surface area contributed by atoms with Crippen molar-refractivity contribution >= 4 is 15.7 Å². The summed E-state index contributed by atoms with van der Waals surface area (Å²) in [6.45, 7) is 3.89. The van der Waals surface area contributed by atoms with Crippen LogP contribution in [-0.4, -0.2) is 37.9 Å². The summed E-state index contributed by atoms with van der Waals surface area (Å²) in [4.78, 5) is 11.8. The number of hydrogen-bond acceptors (Lipinski definition) is 4. The molecule has 1 aliphatic rings. The SMILES string of the molecule is CCC(C)C(N)C(=O)NC1CCCS(=O)(=O)C1. The van der Waals surface area contributed by atoms with E-state index in [1.54, 1.807) is 0 Å². The van der Waals surface area contributed by atoms with E-state index in [9.17, 15) is 13.2 Å². The van der Waals surface area contributed by atoms with Crippen LogP contribution in [0.2, 0.25) is 0 Å². The monoisotopic (exact) mass is 262 g/mol. The smallest absolute Gasteiger partial charge is 0.237 e. The van der Waals surface area contributed by atoms with Crippen LogP contribution in [0.4, 0.5) is 0 Å². The number of carbonyl (C=O) groups is 1. The second-order valence-corrected chi connectivity index (χ2v) is 7.10. The van der Waals surface area contributed by atoms with Gasteiger partial charge in [-0.25, -0.2) is 8.42 Å². The van der Waals surface area contributed by atoms with Crippen LogP contribution in [0.3, 0.4) is 0 Å². The molecule has 0 radical (unpaired) electrons. The summed E-state index contributed by atoms with van der Waals surface area (Å²) in [5.74, 6) is 0.152. The Kier molecular flexibility index (Phi) is 4.94. The molecule has 1 rings (SSSR count). The van der Waals surface area contributed by atoms with E-state index in [0.717, 1.165) is 12.8 Å². The lowest BCUT2D eigenvalue weighted by atomic mass is 9.99. The van der Waals surface area contributed by atoms with Crippen LogP contribution in [0.15, 0.2) is 0 Å². The Bertz CT molecular complexity index is 367. The average Bonchev–Trinajstić information content (AvgIpc) is 2.25. The van der Waals surface area contributed by atoms with E-state index in [0.29, 0.717) is 6.42 Å². The highest BCUT2D eigenvalue weighted by atomic mass is 32.2. The fourth-order valence-corrected chi connectivity index (χ4v) is 3.58. The Morgan fingerprint density at radius 3 is 2.71 bits per heavy atom. The summed E-state index contributed by atoms with van der Waals surface area (Å²) in [7, 11) is -2.98. The second kappa shape index (κ2) is 5.82. The molecule has 0 aromatic heterocycles. The standard InChI is InChI=1S/C11H22N2O3S/c1-3-8(2)10(12)11(14)13-9-5-4-6-17(15,16)7-9/h8-10H,3-7,12H2,1-2H3,(H,13,14). The maximum atomic E-state index is 11.8. The quantitative estimate of drug-likeness (QED) is 0.749. The minimum absolute atomic E-state index is 0.0476. The number of carbonyl (C=O) groups excluding carboxylic acids is 1. The molecule has 0 aromatic rings. The fourth-order valence-electron chi connectivity index (χ4n) is 1.95. The third-order valence-electron chi connectivity index (χ3n) is 3.37. The molecule has 1 heterocycles. The number of nitrogens with one attached hydrogen (secondary N) is 1. The van der Waals surface area contributed by atoms with Crippen LogP contribution in [-0.2, 0) is 14.6 Å². The molecule has 1 fully saturated rings. The van der Waals surface area contributed by atoms with Crippen molar-refractivity contribution in [1.82, 2.24) is 5.32 Å². The van der Waals surface area contributed by atoms with Gasteiger partial charge in [-0.05, 0) is 18.8 Å².